The molecule has 1 aliphatic heterocycles. The number of nitrogen functional groups attached to an aromatic ring is 1. The molecule has 0 atom stereocenters. The SMILES string of the molecule is Nc1nnnn1CCN1CCOCC1. The standard InChI is InChI=1S/C7H14N6O/c8-7-9-10-11-13(7)2-1-12-3-5-14-6-4-12/h1-6H2,(H2,8,9,11). The van der Waals surface area contributed by atoms with Crippen molar-refractivity contribution in [3.8, 4) is 0 Å². The summed E-state index contributed by atoms with van der Waals surface area (Å²) < 4.78 is 6.85. The Morgan fingerprint density at radius 2 is 2.07 bits per heavy atom. The first-order valence-electron chi connectivity index (χ1n) is 4.68. The van der Waals surface area contributed by atoms with Crippen molar-refractivity contribution in [2.45, 2.75) is 6.54 Å². The van der Waals surface area contributed by atoms with E-state index in [0.29, 0.717) is 5.95 Å². The van der Waals surface area contributed by atoms with Crippen LogP contribution in [-0.4, -0.2) is 58.0 Å². The monoisotopic (exact) mass is 198 g/mol. The predicted octanol–water partition coefficient (Wildman–Crippen LogP) is -1.41. The molecule has 1 fully saturated rings. The molecule has 0 radical (unpaired) electrons. The molecule has 1 aromatic heterocycles. The van der Waals surface area contributed by atoms with Crippen molar-refractivity contribution in [2.75, 3.05) is 38.6 Å². The van der Waals surface area contributed by atoms with Crippen molar-refractivity contribution < 1.29 is 4.74 Å². The summed E-state index contributed by atoms with van der Waals surface area (Å²) >= 11 is 0. The lowest BCUT2D eigenvalue weighted by molar-refractivity contribution is 0.0360. The Balaban J connectivity index is 1.79. The molecule has 0 aromatic carbocycles. The topological polar surface area (TPSA) is 82.1 Å². The zero-order valence-corrected chi connectivity index (χ0v) is 7.96. The molecule has 1 aliphatic rings. The zero-order chi connectivity index (χ0) is 9.80. The fourth-order valence-corrected chi connectivity index (χ4v) is 1.43. The Bertz CT molecular complexity index is 281. The summed E-state index contributed by atoms with van der Waals surface area (Å²) in [5.41, 5.74) is 5.54. The van der Waals surface area contributed by atoms with Crippen LogP contribution in [-0.2, 0) is 11.3 Å². The molecule has 0 saturated carbocycles. The summed E-state index contributed by atoms with van der Waals surface area (Å²) in [6, 6.07) is 0. The molecule has 1 aromatic rings. The number of morpholine rings is 1. The smallest absolute Gasteiger partial charge is 0.240 e. The van der Waals surface area contributed by atoms with Crippen molar-refractivity contribution in [3.63, 3.8) is 0 Å². The Morgan fingerprint density at radius 3 is 2.71 bits per heavy atom. The Morgan fingerprint density at radius 1 is 1.29 bits per heavy atom. The van der Waals surface area contributed by atoms with Crippen LogP contribution in [0, 0.1) is 0 Å². The van der Waals surface area contributed by atoms with Crippen molar-refractivity contribution in [3.05, 3.63) is 0 Å². The second-order valence-corrected chi connectivity index (χ2v) is 3.21. The van der Waals surface area contributed by atoms with Crippen LogP contribution in [0.3, 0.4) is 0 Å². The molecular formula is C7H14N6O. The first-order valence-corrected chi connectivity index (χ1v) is 4.68. The average Bonchev–Trinajstić information content (AvgIpc) is 2.63. The highest BCUT2D eigenvalue weighted by molar-refractivity contribution is 5.09. The van der Waals surface area contributed by atoms with Crippen molar-refractivity contribution in [2.24, 2.45) is 0 Å². The molecule has 0 unspecified atom stereocenters. The fourth-order valence-electron chi connectivity index (χ4n) is 1.43. The van der Waals surface area contributed by atoms with Crippen LogP contribution < -0.4 is 5.73 Å². The summed E-state index contributed by atoms with van der Waals surface area (Å²) in [5.74, 6) is 0.373. The molecule has 7 heteroatoms. The van der Waals surface area contributed by atoms with Gasteiger partial charge in [0, 0.05) is 19.6 Å². The number of rotatable bonds is 3. The van der Waals surface area contributed by atoms with E-state index in [1.165, 1.54) is 0 Å². The van der Waals surface area contributed by atoms with Gasteiger partial charge in [-0.2, -0.15) is 0 Å². The van der Waals surface area contributed by atoms with Crippen LogP contribution in [0.5, 0.6) is 0 Å². The van der Waals surface area contributed by atoms with E-state index in [1.54, 1.807) is 4.68 Å². The number of ether oxygens (including phenoxy) is 1. The van der Waals surface area contributed by atoms with Crippen LogP contribution in [0.4, 0.5) is 5.95 Å². The van der Waals surface area contributed by atoms with Gasteiger partial charge in [0.25, 0.3) is 0 Å². The van der Waals surface area contributed by atoms with Gasteiger partial charge < -0.3 is 10.5 Å². The van der Waals surface area contributed by atoms with Gasteiger partial charge in [0.1, 0.15) is 0 Å². The van der Waals surface area contributed by atoms with E-state index in [2.05, 4.69) is 20.4 Å². The summed E-state index contributed by atoms with van der Waals surface area (Å²) in [4.78, 5) is 2.31. The van der Waals surface area contributed by atoms with E-state index < -0.39 is 0 Å². The number of tetrazole rings is 1. The molecule has 78 valence electrons. The number of nitrogens with zero attached hydrogens (tertiary/aromatic N) is 5. The van der Waals surface area contributed by atoms with E-state index in [9.17, 15) is 0 Å². The molecule has 1 saturated heterocycles. The van der Waals surface area contributed by atoms with Crippen LogP contribution in [0.1, 0.15) is 0 Å². The Hall–Kier alpha value is -1.21. The molecule has 0 aliphatic carbocycles. The molecule has 0 spiro atoms. The third-order valence-corrected chi connectivity index (χ3v) is 2.29. The first kappa shape index (κ1) is 9.35. The lowest BCUT2D eigenvalue weighted by Gasteiger charge is -2.26. The van der Waals surface area contributed by atoms with Gasteiger partial charge in [-0.25, -0.2) is 4.68 Å². The van der Waals surface area contributed by atoms with Gasteiger partial charge in [-0.15, -0.1) is 0 Å². The first-order chi connectivity index (χ1) is 6.86. The van der Waals surface area contributed by atoms with Gasteiger partial charge in [0.05, 0.1) is 19.8 Å². The average molecular weight is 198 g/mol. The minimum absolute atomic E-state index is 0.373. The van der Waals surface area contributed by atoms with E-state index in [1.807, 2.05) is 0 Å². The quantitative estimate of drug-likeness (QED) is 0.642. The second kappa shape index (κ2) is 4.34. The zero-order valence-electron chi connectivity index (χ0n) is 7.96. The van der Waals surface area contributed by atoms with Crippen LogP contribution >= 0.6 is 0 Å². The second-order valence-electron chi connectivity index (χ2n) is 3.21. The summed E-state index contributed by atoms with van der Waals surface area (Å²) in [6.07, 6.45) is 0. The number of hydrogen-bond acceptors (Lipinski definition) is 6. The predicted molar refractivity (Wildman–Crippen MR) is 49.5 cm³/mol. The minimum atomic E-state index is 0.373. The highest BCUT2D eigenvalue weighted by atomic mass is 16.5. The lowest BCUT2D eigenvalue weighted by Crippen LogP contribution is -2.38. The van der Waals surface area contributed by atoms with Gasteiger partial charge >= 0.3 is 0 Å². The van der Waals surface area contributed by atoms with Gasteiger partial charge in [0.2, 0.25) is 5.95 Å². The van der Waals surface area contributed by atoms with Crippen molar-refractivity contribution in [1.29, 1.82) is 0 Å². The van der Waals surface area contributed by atoms with Crippen molar-refractivity contribution in [1.82, 2.24) is 25.1 Å². The normalized spacial score (nSPS) is 18.6. The highest BCUT2D eigenvalue weighted by Crippen LogP contribution is 1.98. The summed E-state index contributed by atoms with van der Waals surface area (Å²) in [6.45, 7) is 5.22. The van der Waals surface area contributed by atoms with E-state index in [4.69, 9.17) is 10.5 Å². The molecule has 2 N–H and O–H groups in total. The number of anilines is 1. The number of aromatic nitrogens is 4. The molecule has 0 bridgehead atoms. The third kappa shape index (κ3) is 2.18. The summed E-state index contributed by atoms with van der Waals surface area (Å²) in [5, 5.41) is 10.9. The minimum Gasteiger partial charge on any atom is -0.379 e. The molecule has 14 heavy (non-hydrogen) atoms. The van der Waals surface area contributed by atoms with Gasteiger partial charge in [-0.05, 0) is 10.4 Å². The Labute approximate surface area is 81.8 Å². The summed E-state index contributed by atoms with van der Waals surface area (Å²) in [7, 11) is 0. The maximum absolute atomic E-state index is 5.54. The van der Waals surface area contributed by atoms with Crippen LogP contribution in [0.15, 0.2) is 0 Å². The van der Waals surface area contributed by atoms with Crippen LogP contribution in [0.2, 0.25) is 0 Å². The molecule has 2 rings (SSSR count). The fraction of sp³-hybridized carbons (Fsp3) is 0.857. The number of nitrogens with two attached hydrogens (primary N) is 1. The van der Waals surface area contributed by atoms with E-state index >= 15 is 0 Å². The molecule has 0 amide bonds. The number of hydrogen-bond donors (Lipinski definition) is 1. The highest BCUT2D eigenvalue weighted by Gasteiger charge is 2.10. The largest absolute Gasteiger partial charge is 0.379 e. The lowest BCUT2D eigenvalue weighted by atomic mass is 10.4. The maximum Gasteiger partial charge on any atom is 0.240 e. The van der Waals surface area contributed by atoms with E-state index in [0.717, 1.165) is 39.4 Å². The van der Waals surface area contributed by atoms with Gasteiger partial charge in [-0.1, -0.05) is 5.10 Å². The molecular weight excluding hydrogens is 184 g/mol. The van der Waals surface area contributed by atoms with Crippen LogP contribution in [0.25, 0.3) is 0 Å². The van der Waals surface area contributed by atoms with E-state index in [-0.39, 0.29) is 0 Å². The Kier molecular flexibility index (Phi) is 2.90. The van der Waals surface area contributed by atoms with Gasteiger partial charge in [-0.3, -0.25) is 4.90 Å². The van der Waals surface area contributed by atoms with Crippen molar-refractivity contribution >= 4 is 5.95 Å². The third-order valence-electron chi connectivity index (χ3n) is 2.29. The molecule has 7 nitrogen and oxygen atoms in total. The molecule has 2 heterocycles. The van der Waals surface area contributed by atoms with Gasteiger partial charge in [0.15, 0.2) is 0 Å². The maximum atomic E-state index is 5.54.